The molecule has 0 aromatic heterocycles. The topological polar surface area (TPSA) is 0 Å². The van der Waals surface area contributed by atoms with E-state index in [-0.39, 0.29) is 39.9 Å². The maximum atomic E-state index is 2.40. The molecule has 0 spiro atoms. The van der Waals surface area contributed by atoms with Gasteiger partial charge in [0.2, 0.25) is 0 Å². The fraction of sp³-hybridized carbons (Fsp3) is 0.800. The molecule has 0 aliphatic heterocycles. The molecule has 0 amide bonds. The molecular weight excluding hydrogens is 277 g/mol. The molecule has 0 aromatic carbocycles. The predicted molar refractivity (Wildman–Crippen MR) is 43.8 cm³/mol. The second-order valence-corrected chi connectivity index (χ2v) is 4.42. The molecule has 0 N–H and O–H groups in total. The van der Waals surface area contributed by atoms with E-state index in [2.05, 4.69) is 20.8 Å². The molecule has 1 unspecified atom stereocenters. The summed E-state index contributed by atoms with van der Waals surface area (Å²) in [6.07, 6.45) is 4.24. The van der Waals surface area contributed by atoms with Gasteiger partial charge >= 0.3 is 0 Å². The van der Waals surface area contributed by atoms with Crippen LogP contribution in [0.1, 0.15) is 40.0 Å². The molecule has 0 nitrogen and oxygen atoms in total. The molecule has 3 aliphatic carbocycles. The van der Waals surface area contributed by atoms with Gasteiger partial charge < -0.3 is 0 Å². The SMILES string of the molecule is CC1=C2CC(CC1)C2(C)C.[Gd]. The second kappa shape index (κ2) is 3.08. The largest absolute Gasteiger partial charge is 0.0735 e. The van der Waals surface area contributed by atoms with Crippen molar-refractivity contribution in [3.05, 3.63) is 11.1 Å². The van der Waals surface area contributed by atoms with Gasteiger partial charge in [0.25, 0.3) is 0 Å². The van der Waals surface area contributed by atoms with Gasteiger partial charge in [0.15, 0.2) is 0 Å². The monoisotopic (exact) mass is 294 g/mol. The average molecular weight is 293 g/mol. The summed E-state index contributed by atoms with van der Waals surface area (Å²) in [5.74, 6) is 1.02. The maximum Gasteiger partial charge on any atom is 0 e. The normalized spacial score (nSPS) is 32.5. The molecule has 0 radical (unpaired) electrons. The number of hydrogen-bond donors (Lipinski definition) is 0. The third-order valence-electron chi connectivity index (χ3n) is 3.63. The van der Waals surface area contributed by atoms with Crippen molar-refractivity contribution in [1.82, 2.24) is 0 Å². The summed E-state index contributed by atoms with van der Waals surface area (Å²) in [5.41, 5.74) is 4.04. The third kappa shape index (κ3) is 1.34. The van der Waals surface area contributed by atoms with Crippen LogP contribution >= 0.6 is 0 Å². The standard InChI is InChI=1S/C10H16.Gd/c1-7-4-5-8-6-9(7)10(8,2)3;/h8H,4-6H2,1-3H3;. The van der Waals surface area contributed by atoms with Crippen LogP contribution in [-0.4, -0.2) is 0 Å². The molecule has 0 saturated heterocycles. The predicted octanol–water partition coefficient (Wildman–Crippen LogP) is 3.14. The van der Waals surface area contributed by atoms with Gasteiger partial charge in [0.05, 0.1) is 0 Å². The zero-order valence-electron chi connectivity index (χ0n) is 7.55. The smallest absolute Gasteiger partial charge is 0 e. The molecule has 0 aromatic rings. The van der Waals surface area contributed by atoms with E-state index in [1.54, 1.807) is 11.1 Å². The Morgan fingerprint density at radius 2 is 2.00 bits per heavy atom. The molecule has 1 fully saturated rings. The van der Waals surface area contributed by atoms with Crippen molar-refractivity contribution in [3.8, 4) is 0 Å². The van der Waals surface area contributed by atoms with E-state index in [1.165, 1.54) is 19.3 Å². The maximum absolute atomic E-state index is 2.40. The summed E-state index contributed by atoms with van der Waals surface area (Å²) >= 11 is 0. The summed E-state index contributed by atoms with van der Waals surface area (Å²) in [4.78, 5) is 0. The first-order chi connectivity index (χ1) is 4.62. The minimum atomic E-state index is 0. The van der Waals surface area contributed by atoms with Gasteiger partial charge in [-0.05, 0) is 37.5 Å². The number of allylic oxidation sites excluding steroid dienone is 2. The Morgan fingerprint density at radius 3 is 2.27 bits per heavy atom. The van der Waals surface area contributed by atoms with Crippen molar-refractivity contribution >= 4 is 0 Å². The van der Waals surface area contributed by atoms with Crippen molar-refractivity contribution in [2.75, 3.05) is 0 Å². The van der Waals surface area contributed by atoms with Gasteiger partial charge in [-0.15, -0.1) is 0 Å². The Kier molecular flexibility index (Phi) is 2.84. The summed E-state index contributed by atoms with van der Waals surface area (Å²) in [7, 11) is 0. The molecule has 64 valence electrons. The first kappa shape index (κ1) is 10.1. The van der Waals surface area contributed by atoms with E-state index < -0.39 is 0 Å². The van der Waals surface area contributed by atoms with E-state index >= 15 is 0 Å². The first-order valence-corrected chi connectivity index (χ1v) is 4.31. The molecule has 3 aliphatic rings. The first-order valence-electron chi connectivity index (χ1n) is 4.31. The zero-order chi connectivity index (χ0) is 7.35. The van der Waals surface area contributed by atoms with Crippen molar-refractivity contribution in [1.29, 1.82) is 0 Å². The van der Waals surface area contributed by atoms with Crippen molar-refractivity contribution in [3.63, 3.8) is 0 Å². The molecule has 1 atom stereocenters. The third-order valence-corrected chi connectivity index (χ3v) is 3.63. The summed E-state index contributed by atoms with van der Waals surface area (Å²) in [6.45, 7) is 7.12. The van der Waals surface area contributed by atoms with E-state index in [0.717, 1.165) is 5.92 Å². The molecule has 0 heterocycles. The van der Waals surface area contributed by atoms with E-state index in [9.17, 15) is 0 Å². The molecular formula is C10H16Gd. The Morgan fingerprint density at radius 1 is 1.36 bits per heavy atom. The molecule has 3 rings (SSSR count). The van der Waals surface area contributed by atoms with Crippen LogP contribution in [-0.2, 0) is 0 Å². The van der Waals surface area contributed by atoms with Crippen LogP contribution in [0.25, 0.3) is 0 Å². The van der Waals surface area contributed by atoms with Crippen LogP contribution in [0.4, 0.5) is 0 Å². The Balaban J connectivity index is 0.000000605. The van der Waals surface area contributed by atoms with Crippen LogP contribution in [0.2, 0.25) is 0 Å². The van der Waals surface area contributed by atoms with Crippen molar-refractivity contribution in [2.24, 2.45) is 11.3 Å². The Labute approximate surface area is 102 Å². The quantitative estimate of drug-likeness (QED) is 0.602. The van der Waals surface area contributed by atoms with Crippen molar-refractivity contribution in [2.45, 2.75) is 40.0 Å². The van der Waals surface area contributed by atoms with Crippen LogP contribution in [0.3, 0.4) is 0 Å². The van der Waals surface area contributed by atoms with Gasteiger partial charge in [-0.3, -0.25) is 0 Å². The van der Waals surface area contributed by atoms with Gasteiger partial charge in [-0.1, -0.05) is 25.0 Å². The number of fused-ring (bicyclic) bond motifs is 2. The van der Waals surface area contributed by atoms with E-state index in [1.807, 2.05) is 0 Å². The fourth-order valence-corrected chi connectivity index (χ4v) is 2.61. The van der Waals surface area contributed by atoms with E-state index in [4.69, 9.17) is 0 Å². The van der Waals surface area contributed by atoms with E-state index in [0.29, 0.717) is 5.41 Å². The van der Waals surface area contributed by atoms with Crippen LogP contribution in [0.5, 0.6) is 0 Å². The van der Waals surface area contributed by atoms with Gasteiger partial charge in [-0.25, -0.2) is 0 Å². The van der Waals surface area contributed by atoms with Crippen LogP contribution in [0, 0.1) is 51.3 Å². The second-order valence-electron chi connectivity index (χ2n) is 4.42. The fourth-order valence-electron chi connectivity index (χ4n) is 2.61. The Hall–Kier alpha value is 1.06. The minimum absolute atomic E-state index is 0. The summed E-state index contributed by atoms with van der Waals surface area (Å²) in [5, 5.41) is 0. The zero-order valence-corrected chi connectivity index (χ0v) is 9.82. The van der Waals surface area contributed by atoms with Gasteiger partial charge in [0.1, 0.15) is 0 Å². The van der Waals surface area contributed by atoms with Gasteiger partial charge in [-0.2, -0.15) is 0 Å². The Bertz CT molecular complexity index is 201. The van der Waals surface area contributed by atoms with Gasteiger partial charge in [0, 0.05) is 39.9 Å². The summed E-state index contributed by atoms with van der Waals surface area (Å²) in [6, 6.07) is 0. The minimum Gasteiger partial charge on any atom is -0.0735 e. The van der Waals surface area contributed by atoms with Crippen molar-refractivity contribution < 1.29 is 39.9 Å². The summed E-state index contributed by atoms with van der Waals surface area (Å²) < 4.78 is 0. The van der Waals surface area contributed by atoms with Crippen LogP contribution < -0.4 is 0 Å². The van der Waals surface area contributed by atoms with Crippen LogP contribution in [0.15, 0.2) is 11.1 Å². The average Bonchev–Trinajstić information content (AvgIpc) is 1.87. The molecule has 1 saturated carbocycles. The molecule has 1 heteroatoms. The number of hydrogen-bond acceptors (Lipinski definition) is 0. The molecule has 2 bridgehead atoms. The number of rotatable bonds is 0. The molecule has 11 heavy (non-hydrogen) atoms.